The molecule has 0 radical (unpaired) electrons. The molecule has 1 aromatic rings. The number of halogens is 1. The summed E-state index contributed by atoms with van der Waals surface area (Å²) in [7, 11) is 0. The molecule has 0 aromatic carbocycles. The number of nitrogens with zero attached hydrogens (tertiary/aromatic N) is 3. The van der Waals surface area contributed by atoms with E-state index in [0.717, 1.165) is 65.0 Å². The molecule has 168 valence electrons. The van der Waals surface area contributed by atoms with Crippen LogP contribution in [-0.2, 0) is 4.79 Å². The summed E-state index contributed by atoms with van der Waals surface area (Å²) >= 11 is 5.21. The number of furan rings is 1. The number of thioether (sulfide) groups is 1. The Morgan fingerprint density at radius 2 is 1.68 bits per heavy atom. The lowest BCUT2D eigenvalue weighted by Gasteiger charge is -2.31. The number of hydrogen-bond acceptors (Lipinski definition) is 5. The molecule has 5 nitrogen and oxygen atoms in total. The molecule has 3 heterocycles. The number of amides is 1. The first-order valence-electron chi connectivity index (χ1n) is 12.0. The molecule has 31 heavy (non-hydrogen) atoms. The van der Waals surface area contributed by atoms with Gasteiger partial charge in [0.25, 0.3) is 5.91 Å². The molecule has 4 aliphatic rings. The zero-order valence-electron chi connectivity index (χ0n) is 18.2. The van der Waals surface area contributed by atoms with Gasteiger partial charge >= 0.3 is 0 Å². The highest BCUT2D eigenvalue weighted by Crippen LogP contribution is 2.40. The summed E-state index contributed by atoms with van der Waals surface area (Å²) in [6.45, 7) is 2.06. The lowest BCUT2D eigenvalue weighted by molar-refractivity contribution is -0.124. The molecule has 0 unspecified atom stereocenters. The van der Waals surface area contributed by atoms with Gasteiger partial charge < -0.3 is 9.32 Å². The predicted molar refractivity (Wildman–Crippen MR) is 131 cm³/mol. The molecule has 4 fully saturated rings. The SMILES string of the molecule is O=C1/C(=C/c2cc(Br)c(N3CCCC3)o2)SC(=NC2CCCCC2)N1C1CCCCC1. The van der Waals surface area contributed by atoms with Crippen LogP contribution in [0.2, 0.25) is 0 Å². The van der Waals surface area contributed by atoms with Crippen LogP contribution in [-0.4, -0.2) is 41.1 Å². The van der Waals surface area contributed by atoms with Crippen LogP contribution in [0.3, 0.4) is 0 Å². The van der Waals surface area contributed by atoms with Crippen molar-refractivity contribution in [2.75, 3.05) is 18.0 Å². The van der Waals surface area contributed by atoms with E-state index in [1.165, 1.54) is 51.4 Å². The van der Waals surface area contributed by atoms with Crippen LogP contribution in [0.25, 0.3) is 6.08 Å². The van der Waals surface area contributed by atoms with Crippen molar-refractivity contribution in [2.24, 2.45) is 4.99 Å². The molecule has 1 amide bonds. The third kappa shape index (κ3) is 4.77. The lowest BCUT2D eigenvalue weighted by Crippen LogP contribution is -2.41. The van der Waals surface area contributed by atoms with Crippen molar-refractivity contribution in [2.45, 2.75) is 89.1 Å². The highest BCUT2D eigenvalue weighted by atomic mass is 79.9. The maximum atomic E-state index is 13.5. The van der Waals surface area contributed by atoms with Crippen molar-refractivity contribution in [3.63, 3.8) is 0 Å². The van der Waals surface area contributed by atoms with E-state index in [9.17, 15) is 4.79 Å². The summed E-state index contributed by atoms with van der Waals surface area (Å²) in [5.41, 5.74) is 0. The maximum absolute atomic E-state index is 13.5. The monoisotopic (exact) mass is 505 g/mol. The summed E-state index contributed by atoms with van der Waals surface area (Å²) < 4.78 is 7.12. The van der Waals surface area contributed by atoms with E-state index in [2.05, 4.69) is 20.8 Å². The summed E-state index contributed by atoms with van der Waals surface area (Å²) in [6.07, 6.45) is 16.3. The van der Waals surface area contributed by atoms with Gasteiger partial charge in [0.1, 0.15) is 5.76 Å². The van der Waals surface area contributed by atoms with Crippen molar-refractivity contribution in [1.29, 1.82) is 0 Å². The minimum Gasteiger partial charge on any atom is -0.440 e. The molecule has 2 saturated heterocycles. The number of anilines is 1. The van der Waals surface area contributed by atoms with Gasteiger partial charge in [-0.3, -0.25) is 14.7 Å². The Labute approximate surface area is 197 Å². The first-order chi connectivity index (χ1) is 15.2. The zero-order valence-corrected chi connectivity index (χ0v) is 20.6. The number of aliphatic imine (C=N–C) groups is 1. The van der Waals surface area contributed by atoms with Crippen LogP contribution < -0.4 is 4.90 Å². The minimum atomic E-state index is 0.113. The maximum Gasteiger partial charge on any atom is 0.267 e. The molecule has 0 N–H and O–H groups in total. The fraction of sp³-hybridized carbons (Fsp3) is 0.667. The Hall–Kier alpha value is -1.21. The van der Waals surface area contributed by atoms with E-state index in [1.807, 2.05) is 17.0 Å². The van der Waals surface area contributed by atoms with Gasteiger partial charge in [-0.15, -0.1) is 0 Å². The average Bonchev–Trinajstić information content (AvgIpc) is 3.50. The lowest BCUT2D eigenvalue weighted by atomic mass is 9.94. The van der Waals surface area contributed by atoms with Crippen molar-refractivity contribution in [3.8, 4) is 0 Å². The Bertz CT molecular complexity index is 862. The fourth-order valence-electron chi connectivity index (χ4n) is 5.32. The molecule has 0 bridgehead atoms. The predicted octanol–water partition coefficient (Wildman–Crippen LogP) is 6.58. The number of rotatable bonds is 4. The molecular weight excluding hydrogens is 474 g/mol. The number of carbonyl (C=O) groups excluding carboxylic acids is 1. The van der Waals surface area contributed by atoms with Gasteiger partial charge in [0.2, 0.25) is 5.88 Å². The molecule has 5 rings (SSSR count). The zero-order chi connectivity index (χ0) is 21.2. The quantitative estimate of drug-likeness (QED) is 0.433. The van der Waals surface area contributed by atoms with Gasteiger partial charge in [-0.05, 0) is 66.2 Å². The van der Waals surface area contributed by atoms with Crippen molar-refractivity contribution < 1.29 is 9.21 Å². The van der Waals surface area contributed by atoms with Crippen LogP contribution >= 0.6 is 27.7 Å². The Morgan fingerprint density at radius 1 is 1.00 bits per heavy atom. The molecule has 0 atom stereocenters. The number of hydrogen-bond donors (Lipinski definition) is 0. The minimum absolute atomic E-state index is 0.113. The number of carbonyl (C=O) groups is 1. The summed E-state index contributed by atoms with van der Waals surface area (Å²) in [4.78, 5) is 23.7. The Kier molecular flexibility index (Phi) is 6.79. The second kappa shape index (κ2) is 9.74. The summed E-state index contributed by atoms with van der Waals surface area (Å²) in [5.74, 6) is 1.74. The van der Waals surface area contributed by atoms with Gasteiger partial charge in [-0.25, -0.2) is 0 Å². The van der Waals surface area contributed by atoms with E-state index >= 15 is 0 Å². The van der Waals surface area contributed by atoms with E-state index in [1.54, 1.807) is 11.8 Å². The first kappa shape index (κ1) is 21.6. The van der Waals surface area contributed by atoms with Gasteiger partial charge in [-0.2, -0.15) is 0 Å². The molecule has 1 aromatic heterocycles. The highest BCUT2D eigenvalue weighted by Gasteiger charge is 2.39. The van der Waals surface area contributed by atoms with E-state index in [-0.39, 0.29) is 5.91 Å². The fourth-order valence-corrected chi connectivity index (χ4v) is 6.96. The molecule has 2 aliphatic heterocycles. The van der Waals surface area contributed by atoms with Crippen LogP contribution in [0.1, 0.15) is 82.8 Å². The molecule has 2 saturated carbocycles. The van der Waals surface area contributed by atoms with Gasteiger partial charge in [0.15, 0.2) is 5.17 Å². The molecular formula is C24H32BrN3O2S. The molecule has 7 heteroatoms. The van der Waals surface area contributed by atoms with E-state index in [0.29, 0.717) is 12.1 Å². The smallest absolute Gasteiger partial charge is 0.267 e. The normalized spacial score (nSPS) is 26.7. The number of amidine groups is 1. The van der Waals surface area contributed by atoms with Crippen LogP contribution in [0, 0.1) is 0 Å². The van der Waals surface area contributed by atoms with E-state index in [4.69, 9.17) is 9.41 Å². The third-order valence-electron chi connectivity index (χ3n) is 7.00. The van der Waals surface area contributed by atoms with Crippen molar-refractivity contribution in [3.05, 3.63) is 21.2 Å². The van der Waals surface area contributed by atoms with E-state index < -0.39 is 0 Å². The van der Waals surface area contributed by atoms with Gasteiger partial charge in [0.05, 0.1) is 15.4 Å². The van der Waals surface area contributed by atoms with Gasteiger partial charge in [-0.1, -0.05) is 38.5 Å². The second-order valence-corrected chi connectivity index (χ2v) is 11.1. The standard InChI is InChI=1S/C24H32BrN3O2S/c25-20-15-19(30-23(20)27-13-7-8-14-27)16-21-22(29)28(18-11-5-2-6-12-18)24(31-21)26-17-9-3-1-4-10-17/h15-18H,1-14H2/b21-16-,26-24?. The van der Waals surface area contributed by atoms with Crippen molar-refractivity contribution in [1.82, 2.24) is 4.90 Å². The second-order valence-electron chi connectivity index (χ2n) is 9.28. The van der Waals surface area contributed by atoms with Crippen LogP contribution in [0.15, 0.2) is 24.9 Å². The third-order valence-corrected chi connectivity index (χ3v) is 8.56. The highest BCUT2D eigenvalue weighted by molar-refractivity contribution is 9.10. The first-order valence-corrected chi connectivity index (χ1v) is 13.7. The van der Waals surface area contributed by atoms with Gasteiger partial charge in [0, 0.05) is 31.3 Å². The molecule has 0 spiro atoms. The van der Waals surface area contributed by atoms with Crippen LogP contribution in [0.4, 0.5) is 5.88 Å². The average molecular weight is 507 g/mol. The Morgan fingerprint density at radius 3 is 2.39 bits per heavy atom. The largest absolute Gasteiger partial charge is 0.440 e. The molecule has 2 aliphatic carbocycles. The summed E-state index contributed by atoms with van der Waals surface area (Å²) in [6, 6.07) is 2.66. The topological polar surface area (TPSA) is 49.1 Å². The van der Waals surface area contributed by atoms with Crippen molar-refractivity contribution >= 4 is 50.7 Å². The Balaban J connectivity index is 1.41. The summed E-state index contributed by atoms with van der Waals surface area (Å²) in [5, 5.41) is 0.931. The van der Waals surface area contributed by atoms with Crippen LogP contribution in [0.5, 0.6) is 0 Å².